The number of benzene rings is 2. The number of hydrogen-bond donors (Lipinski definition) is 1. The number of hydrogen-bond acceptors (Lipinski definition) is 2. The minimum atomic E-state index is -0.229. The fraction of sp³-hybridized carbons (Fsp3) is 0.294. The van der Waals surface area contributed by atoms with Gasteiger partial charge in [-0.25, -0.2) is 4.39 Å². The molecule has 0 amide bonds. The first kappa shape index (κ1) is 13.3. The molecule has 0 aliphatic carbocycles. The monoisotopic (exact) mass is 270 g/mol. The van der Waals surface area contributed by atoms with Gasteiger partial charge in [-0.3, -0.25) is 4.90 Å². The lowest BCUT2D eigenvalue weighted by atomic mass is 9.80. The van der Waals surface area contributed by atoms with Gasteiger partial charge in [0.2, 0.25) is 0 Å². The van der Waals surface area contributed by atoms with Crippen LogP contribution in [0.1, 0.15) is 11.1 Å². The van der Waals surface area contributed by atoms with Crippen molar-refractivity contribution in [1.29, 1.82) is 0 Å². The summed E-state index contributed by atoms with van der Waals surface area (Å²) < 4.78 is 13.2. The highest BCUT2D eigenvalue weighted by Crippen LogP contribution is 2.35. The summed E-state index contributed by atoms with van der Waals surface area (Å²) in [6.45, 7) is 2.78. The van der Waals surface area contributed by atoms with Crippen molar-refractivity contribution in [2.24, 2.45) is 0 Å². The third-order valence-electron chi connectivity index (χ3n) is 4.23. The van der Waals surface area contributed by atoms with Crippen molar-refractivity contribution in [1.82, 2.24) is 10.2 Å². The second-order valence-electron chi connectivity index (χ2n) is 5.33. The van der Waals surface area contributed by atoms with Gasteiger partial charge in [0.1, 0.15) is 5.82 Å². The molecular formula is C17H19FN2. The summed E-state index contributed by atoms with van der Waals surface area (Å²) in [4.78, 5) is 2.35. The first-order valence-corrected chi connectivity index (χ1v) is 6.97. The van der Waals surface area contributed by atoms with Gasteiger partial charge in [0.25, 0.3) is 0 Å². The van der Waals surface area contributed by atoms with Gasteiger partial charge < -0.3 is 5.32 Å². The summed E-state index contributed by atoms with van der Waals surface area (Å²) in [5.74, 6) is -0.191. The van der Waals surface area contributed by atoms with E-state index in [-0.39, 0.29) is 11.4 Å². The van der Waals surface area contributed by atoms with E-state index in [2.05, 4.69) is 41.5 Å². The number of rotatable bonds is 2. The van der Waals surface area contributed by atoms with Crippen LogP contribution in [0.4, 0.5) is 4.39 Å². The molecule has 0 aromatic heterocycles. The van der Waals surface area contributed by atoms with E-state index in [0.29, 0.717) is 0 Å². The second-order valence-corrected chi connectivity index (χ2v) is 5.33. The minimum absolute atomic E-state index is 0.191. The summed E-state index contributed by atoms with van der Waals surface area (Å²) in [6, 6.07) is 17.3. The zero-order chi connectivity index (χ0) is 14.0. The van der Waals surface area contributed by atoms with Crippen LogP contribution >= 0.6 is 0 Å². The van der Waals surface area contributed by atoms with Gasteiger partial charge in [-0.15, -0.1) is 0 Å². The predicted octanol–water partition coefficient (Wildman–Crippen LogP) is 2.60. The van der Waals surface area contributed by atoms with E-state index >= 15 is 0 Å². The molecule has 1 N–H and O–H groups in total. The van der Waals surface area contributed by atoms with Crippen LogP contribution in [0.3, 0.4) is 0 Å². The van der Waals surface area contributed by atoms with Crippen molar-refractivity contribution in [2.75, 3.05) is 26.7 Å². The summed E-state index contributed by atoms with van der Waals surface area (Å²) in [6.07, 6.45) is 0. The van der Waals surface area contributed by atoms with E-state index in [1.54, 1.807) is 12.1 Å². The van der Waals surface area contributed by atoms with Crippen molar-refractivity contribution in [3.63, 3.8) is 0 Å². The Labute approximate surface area is 119 Å². The normalized spacial score (nSPS) is 23.7. The molecule has 1 aliphatic rings. The van der Waals surface area contributed by atoms with E-state index in [9.17, 15) is 4.39 Å². The standard InChI is InChI=1S/C17H19FN2/c1-20-12-11-19-13-17(20,14-5-3-2-4-6-14)15-7-9-16(18)10-8-15/h2-10,19H,11-13H2,1H3. The van der Waals surface area contributed by atoms with Crippen molar-refractivity contribution in [3.05, 3.63) is 71.5 Å². The SMILES string of the molecule is CN1CCNCC1(c1ccccc1)c1ccc(F)cc1. The molecule has 2 aromatic carbocycles. The molecule has 104 valence electrons. The van der Waals surface area contributed by atoms with Crippen LogP contribution in [0.2, 0.25) is 0 Å². The van der Waals surface area contributed by atoms with Gasteiger partial charge in [-0.2, -0.15) is 0 Å². The first-order chi connectivity index (χ1) is 9.73. The fourth-order valence-electron chi connectivity index (χ4n) is 3.09. The minimum Gasteiger partial charge on any atom is -0.313 e. The van der Waals surface area contributed by atoms with E-state index in [0.717, 1.165) is 25.2 Å². The molecule has 0 bridgehead atoms. The van der Waals surface area contributed by atoms with E-state index in [1.807, 2.05) is 18.2 Å². The zero-order valence-corrected chi connectivity index (χ0v) is 11.6. The molecule has 2 nitrogen and oxygen atoms in total. The molecule has 2 aromatic rings. The molecule has 3 heteroatoms. The average Bonchev–Trinajstić information content (AvgIpc) is 2.50. The topological polar surface area (TPSA) is 15.3 Å². The van der Waals surface area contributed by atoms with Crippen LogP contribution in [0, 0.1) is 5.82 Å². The van der Waals surface area contributed by atoms with Gasteiger partial charge in [0, 0.05) is 19.6 Å². The second kappa shape index (κ2) is 5.35. The predicted molar refractivity (Wildman–Crippen MR) is 79.1 cm³/mol. The Kier molecular flexibility index (Phi) is 3.55. The Hall–Kier alpha value is -1.71. The Morgan fingerprint density at radius 1 is 1.00 bits per heavy atom. The molecule has 0 saturated carbocycles. The maximum Gasteiger partial charge on any atom is 0.123 e. The van der Waals surface area contributed by atoms with Crippen LogP contribution < -0.4 is 5.32 Å². The molecule has 3 rings (SSSR count). The molecule has 1 aliphatic heterocycles. The Balaban J connectivity index is 2.15. The average molecular weight is 270 g/mol. The van der Waals surface area contributed by atoms with Crippen molar-refractivity contribution in [3.8, 4) is 0 Å². The number of halogens is 1. The molecule has 1 atom stereocenters. The summed E-state index contributed by atoms with van der Waals surface area (Å²) in [5, 5.41) is 3.48. The van der Waals surface area contributed by atoms with E-state index in [1.165, 1.54) is 5.56 Å². The van der Waals surface area contributed by atoms with Crippen LogP contribution in [0.25, 0.3) is 0 Å². The first-order valence-electron chi connectivity index (χ1n) is 6.97. The fourth-order valence-corrected chi connectivity index (χ4v) is 3.09. The molecule has 1 saturated heterocycles. The molecular weight excluding hydrogens is 251 g/mol. The van der Waals surface area contributed by atoms with E-state index < -0.39 is 0 Å². The Bertz CT molecular complexity index is 567. The number of nitrogens with one attached hydrogen (secondary N) is 1. The lowest BCUT2D eigenvalue weighted by molar-refractivity contribution is 0.124. The zero-order valence-electron chi connectivity index (χ0n) is 11.6. The number of piperazine rings is 1. The van der Waals surface area contributed by atoms with Crippen molar-refractivity contribution < 1.29 is 4.39 Å². The lowest BCUT2D eigenvalue weighted by Gasteiger charge is -2.46. The molecule has 0 radical (unpaired) electrons. The molecule has 1 fully saturated rings. The third-order valence-corrected chi connectivity index (χ3v) is 4.23. The molecule has 20 heavy (non-hydrogen) atoms. The molecule has 0 spiro atoms. The quantitative estimate of drug-likeness (QED) is 0.902. The van der Waals surface area contributed by atoms with E-state index in [4.69, 9.17) is 0 Å². The van der Waals surface area contributed by atoms with Crippen LogP contribution in [0.5, 0.6) is 0 Å². The highest BCUT2D eigenvalue weighted by atomic mass is 19.1. The maximum atomic E-state index is 13.2. The van der Waals surface area contributed by atoms with Gasteiger partial charge in [-0.1, -0.05) is 42.5 Å². The lowest BCUT2D eigenvalue weighted by Crippen LogP contribution is -2.58. The Morgan fingerprint density at radius 2 is 1.65 bits per heavy atom. The van der Waals surface area contributed by atoms with Gasteiger partial charge in [0.05, 0.1) is 5.54 Å². The number of likely N-dealkylation sites (N-methyl/N-ethyl adjacent to an activating group) is 1. The van der Waals surface area contributed by atoms with Crippen molar-refractivity contribution in [2.45, 2.75) is 5.54 Å². The highest BCUT2D eigenvalue weighted by molar-refractivity contribution is 5.40. The third kappa shape index (κ3) is 2.13. The summed E-state index contributed by atoms with van der Waals surface area (Å²) in [5.41, 5.74) is 2.13. The largest absolute Gasteiger partial charge is 0.313 e. The molecule has 1 unspecified atom stereocenters. The van der Waals surface area contributed by atoms with Gasteiger partial charge >= 0.3 is 0 Å². The maximum absolute atomic E-state index is 13.2. The van der Waals surface area contributed by atoms with Crippen LogP contribution in [-0.2, 0) is 5.54 Å². The highest BCUT2D eigenvalue weighted by Gasteiger charge is 2.39. The molecule has 1 heterocycles. The van der Waals surface area contributed by atoms with Crippen LogP contribution in [-0.4, -0.2) is 31.6 Å². The smallest absolute Gasteiger partial charge is 0.123 e. The van der Waals surface area contributed by atoms with Gasteiger partial charge in [0.15, 0.2) is 0 Å². The Morgan fingerprint density at radius 3 is 2.30 bits per heavy atom. The van der Waals surface area contributed by atoms with Gasteiger partial charge in [-0.05, 0) is 30.3 Å². The number of nitrogens with zero attached hydrogens (tertiary/aromatic N) is 1. The van der Waals surface area contributed by atoms with Crippen molar-refractivity contribution >= 4 is 0 Å². The summed E-state index contributed by atoms with van der Waals surface area (Å²) >= 11 is 0. The van der Waals surface area contributed by atoms with Crippen LogP contribution in [0.15, 0.2) is 54.6 Å². The summed E-state index contributed by atoms with van der Waals surface area (Å²) in [7, 11) is 2.14.